The van der Waals surface area contributed by atoms with Crippen LogP contribution in [-0.4, -0.2) is 30.6 Å². The van der Waals surface area contributed by atoms with Crippen LogP contribution in [0.1, 0.15) is 366 Å². The largest absolute Gasteiger partial charge is 0.508 e. The molecule has 6 N–H and O–H groups in total. The van der Waals surface area contributed by atoms with Crippen molar-refractivity contribution in [2.24, 2.45) is 16.2 Å². The van der Waals surface area contributed by atoms with Crippen LogP contribution in [0.15, 0.2) is 206 Å². The summed E-state index contributed by atoms with van der Waals surface area (Å²) in [4.78, 5) is 0. The Bertz CT molecular complexity index is 2100. The van der Waals surface area contributed by atoms with E-state index in [9.17, 15) is 5.11 Å². The number of para-hydroxylation sites is 6. The van der Waals surface area contributed by atoms with Crippen molar-refractivity contribution in [2.75, 3.05) is 0 Å². The molecule has 106 heavy (non-hydrogen) atoms. The molecule has 2 fully saturated rings. The van der Waals surface area contributed by atoms with Crippen molar-refractivity contribution in [1.29, 1.82) is 0 Å². The lowest BCUT2D eigenvalue weighted by Crippen LogP contribution is -2.10. The summed E-state index contributed by atoms with van der Waals surface area (Å²) in [5.74, 6) is 2.00. The Morgan fingerprint density at radius 2 is 0.292 bits per heavy atom. The number of rotatable bonds is 0. The summed E-state index contributed by atoms with van der Waals surface area (Å²) in [6, 6.07) is 61.3. The summed E-state index contributed by atoms with van der Waals surface area (Å²) in [5, 5.41) is 52.6. The van der Waals surface area contributed by atoms with Crippen LogP contribution in [0.3, 0.4) is 0 Å². The minimum atomic E-state index is 0.0331. The van der Waals surface area contributed by atoms with Gasteiger partial charge in [0.1, 0.15) is 34.5 Å². The number of phenols is 6. The van der Waals surface area contributed by atoms with Crippen LogP contribution >= 0.6 is 0 Å². The molecule has 0 saturated heterocycles. The quantitative estimate of drug-likeness (QED) is 0.0900. The van der Waals surface area contributed by atoms with E-state index in [0.29, 0.717) is 50.7 Å². The predicted octanol–water partition coefficient (Wildman–Crippen LogP) is 34.3. The highest BCUT2D eigenvalue weighted by Crippen LogP contribution is 2.29. The van der Waals surface area contributed by atoms with Crippen LogP contribution in [0.2, 0.25) is 0 Å². The van der Waals surface area contributed by atoms with Gasteiger partial charge in [-0.25, -0.2) is 0 Å². The summed E-state index contributed by atoms with van der Waals surface area (Å²) in [7, 11) is 0. The zero-order valence-corrected chi connectivity index (χ0v) is 75.3. The third kappa shape index (κ3) is 133. The van der Waals surface area contributed by atoms with Crippen LogP contribution in [0.4, 0.5) is 0 Å². The average Bonchev–Trinajstić information content (AvgIpc) is 0.850. The number of aromatic hydroxyl groups is 6. The number of aryl methyl sites for hydroxylation is 1. The Morgan fingerprint density at radius 3 is 0.368 bits per heavy atom. The maximum absolute atomic E-state index is 9.45. The van der Waals surface area contributed by atoms with Gasteiger partial charge in [-0.2, -0.15) is 0 Å². The zero-order valence-electron chi connectivity index (χ0n) is 75.3. The summed E-state index contributed by atoms with van der Waals surface area (Å²) >= 11 is 0. The van der Waals surface area contributed by atoms with Crippen LogP contribution in [0.5, 0.6) is 34.5 Å². The second kappa shape index (κ2) is 94.4. The first-order valence-electron chi connectivity index (χ1n) is 41.9. The van der Waals surface area contributed by atoms with E-state index in [-0.39, 0.29) is 5.41 Å². The van der Waals surface area contributed by atoms with Gasteiger partial charge in [-0.1, -0.05) is 500 Å². The lowest BCUT2D eigenvalue weighted by atomic mass is 9.86. The normalized spacial score (nSPS) is 12.1. The minimum absolute atomic E-state index is 0.0331. The van der Waals surface area contributed by atoms with Crippen molar-refractivity contribution in [3.05, 3.63) is 217 Å². The van der Waals surface area contributed by atoms with Crippen molar-refractivity contribution in [1.82, 2.24) is 0 Å². The van der Waals surface area contributed by atoms with Crippen LogP contribution < -0.4 is 0 Å². The fourth-order valence-corrected chi connectivity index (χ4v) is 8.02. The molecule has 7 aromatic carbocycles. The van der Waals surface area contributed by atoms with Gasteiger partial charge in [-0.05, 0) is 101 Å². The highest BCUT2D eigenvalue weighted by Gasteiger charge is 2.16. The molecule has 0 aromatic heterocycles. The molecule has 2 aliphatic rings. The molecular formula is C100H178O6. The van der Waals surface area contributed by atoms with E-state index in [0.717, 1.165) is 5.56 Å². The van der Waals surface area contributed by atoms with Crippen molar-refractivity contribution < 1.29 is 30.6 Å². The van der Waals surface area contributed by atoms with E-state index < -0.39 is 0 Å². The number of benzene rings is 7. The van der Waals surface area contributed by atoms with Crippen molar-refractivity contribution in [3.8, 4) is 34.5 Å². The van der Waals surface area contributed by atoms with E-state index in [1.807, 2.05) is 164 Å². The van der Waals surface area contributed by atoms with E-state index in [1.165, 1.54) is 160 Å². The Balaban J connectivity index is -0.000000118. The first-order chi connectivity index (χ1) is 50.4. The molecule has 0 heterocycles. The van der Waals surface area contributed by atoms with Gasteiger partial charge in [-0.15, -0.1) is 0 Å². The Hall–Kier alpha value is -6.66. The molecule has 2 saturated carbocycles. The molecule has 6 nitrogen and oxygen atoms in total. The van der Waals surface area contributed by atoms with Crippen molar-refractivity contribution >= 4 is 0 Å². The molecule has 0 amide bonds. The first kappa shape index (κ1) is 120. The molecule has 9 rings (SSSR count). The molecule has 0 aliphatic heterocycles. The Labute approximate surface area is 662 Å². The van der Waals surface area contributed by atoms with Gasteiger partial charge in [0.25, 0.3) is 0 Å². The highest BCUT2D eigenvalue weighted by molar-refractivity contribution is 5.36. The van der Waals surface area contributed by atoms with Gasteiger partial charge < -0.3 is 30.6 Å². The van der Waals surface area contributed by atoms with E-state index in [2.05, 4.69) is 123 Å². The lowest BCUT2D eigenvalue weighted by molar-refractivity contribution is 0.446. The summed E-state index contributed by atoms with van der Waals surface area (Å²) in [6.45, 7) is 62.6. The summed E-state index contributed by atoms with van der Waals surface area (Å²) in [6.07, 6.45) is 36.0. The Kier molecular flexibility index (Phi) is 107. The molecule has 0 radical (unpaired) electrons. The Morgan fingerprint density at radius 1 is 0.179 bits per heavy atom. The maximum atomic E-state index is 9.45. The molecule has 6 heteroatoms. The molecular weight excluding hydrogens is 1300 g/mol. The third-order valence-corrected chi connectivity index (χ3v) is 12.4. The van der Waals surface area contributed by atoms with Gasteiger partial charge in [-0.3, -0.25) is 0 Å². The maximum Gasteiger partial charge on any atom is 0.119 e. The van der Waals surface area contributed by atoms with Crippen molar-refractivity contribution in [2.45, 2.75) is 367 Å². The molecule has 7 aromatic rings. The van der Waals surface area contributed by atoms with Crippen LogP contribution in [-0.2, 0) is 5.41 Å². The molecule has 0 bridgehead atoms. The summed E-state index contributed by atoms with van der Waals surface area (Å²) < 4.78 is 0. The molecule has 614 valence electrons. The molecule has 0 unspecified atom stereocenters. The van der Waals surface area contributed by atoms with Crippen molar-refractivity contribution in [3.63, 3.8) is 0 Å². The average molecular weight is 1480 g/mol. The first-order valence-corrected chi connectivity index (χ1v) is 41.9. The van der Waals surface area contributed by atoms with Gasteiger partial charge in [0.2, 0.25) is 0 Å². The van der Waals surface area contributed by atoms with Crippen LogP contribution in [0.25, 0.3) is 0 Å². The van der Waals surface area contributed by atoms with Gasteiger partial charge in [0.15, 0.2) is 0 Å². The standard InChI is InChI=1S/2C12H24.C10H14O.C7H8.5C6H6O.3C5H12.7C2H6/c2*1-2-4-6-8-10-12-11-9-7-5-3-1;1-10(2,3)8-6-4-5-7-9(8)11;1-7-5-3-2-4-6-7;5*7-6-4-2-1-3-5-6;3*1-5(2,3)4;7*1-2/h2*1-12H2;4-7,11H,1-3H3;2-6H,1H3;5*1-5,7H;3*1-4H3;7*1-2H3. The van der Waals surface area contributed by atoms with E-state index in [4.69, 9.17) is 25.5 Å². The second-order valence-corrected chi connectivity index (χ2v) is 29.6. The molecule has 0 atom stereocenters. The van der Waals surface area contributed by atoms with Gasteiger partial charge >= 0.3 is 0 Å². The van der Waals surface area contributed by atoms with E-state index >= 15 is 0 Å². The SMILES string of the molecule is C1CCCCCCCCCCC1.C1CCCCCCCCCCC1.CC.CC.CC.CC.CC.CC.CC.CC(C)(C)C.CC(C)(C)C.CC(C)(C)C.CC(C)(C)c1ccccc1O.Cc1ccccc1.Oc1ccccc1.Oc1ccccc1.Oc1ccccc1.Oc1ccccc1.Oc1ccccc1. The van der Waals surface area contributed by atoms with Gasteiger partial charge in [0, 0.05) is 0 Å². The molecule has 0 spiro atoms. The monoisotopic (exact) mass is 1480 g/mol. The third-order valence-electron chi connectivity index (χ3n) is 12.4. The zero-order chi connectivity index (χ0) is 83.6. The van der Waals surface area contributed by atoms with E-state index in [1.54, 1.807) is 127 Å². The lowest BCUT2D eigenvalue weighted by Gasteiger charge is -2.19. The molecule has 2 aliphatic carbocycles. The summed E-state index contributed by atoms with van der Waals surface area (Å²) in [5.41, 5.74) is 3.85. The number of hydrogen-bond donors (Lipinski definition) is 6. The minimum Gasteiger partial charge on any atom is -0.508 e. The second-order valence-electron chi connectivity index (χ2n) is 29.6. The smallest absolute Gasteiger partial charge is 0.119 e. The topological polar surface area (TPSA) is 121 Å². The fourth-order valence-electron chi connectivity index (χ4n) is 8.02. The fraction of sp³-hybridized carbons (Fsp3) is 0.580. The van der Waals surface area contributed by atoms with Crippen LogP contribution in [0, 0.1) is 23.2 Å². The number of hydrogen-bond acceptors (Lipinski definition) is 6. The van der Waals surface area contributed by atoms with Gasteiger partial charge in [0.05, 0.1) is 0 Å². The number of phenolic OH excluding ortho intramolecular Hbond substituents is 6. The predicted molar refractivity (Wildman–Crippen MR) is 484 cm³/mol. The highest BCUT2D eigenvalue weighted by atomic mass is 16.3.